The minimum absolute atomic E-state index is 0.501. The zero-order chi connectivity index (χ0) is 47.0. The van der Waals surface area contributed by atoms with Crippen LogP contribution in [-0.2, 0) is 6.54 Å². The van der Waals surface area contributed by atoms with Crippen LogP contribution < -0.4 is 5.73 Å². The van der Waals surface area contributed by atoms with Crippen molar-refractivity contribution in [3.8, 4) is 33.6 Å². The van der Waals surface area contributed by atoms with Crippen LogP contribution >= 0.6 is 0 Å². The number of benzene rings is 8. The number of furan rings is 1. The summed E-state index contributed by atoms with van der Waals surface area (Å²) in [5.41, 5.74) is 22.5. The Labute approximate surface area is 407 Å². The van der Waals surface area contributed by atoms with Crippen LogP contribution in [-0.4, -0.2) is 28.2 Å². The third-order valence-electron chi connectivity index (χ3n) is 13.8. The van der Waals surface area contributed by atoms with Crippen LogP contribution in [0.5, 0.6) is 0 Å². The lowest BCUT2D eigenvalue weighted by molar-refractivity contribution is 0.670. The topological polar surface area (TPSA) is 73.7 Å². The third kappa shape index (κ3) is 7.55. The fourth-order valence-electron chi connectivity index (χ4n) is 10.7. The van der Waals surface area contributed by atoms with Gasteiger partial charge in [-0.3, -0.25) is 9.98 Å². The molecule has 0 fully saturated rings. The standard InChI is InChI=1S/C50H33N3O.C14H18N2/c1-51-31-32-15-12-28-46-47(32)43-30-33(36-22-13-23-39-37-20-8-10-26-44(37)52(48(36)39)34-16-4-2-5-17-34)29-42(50(43)54-46)41-25-14-24-40-38-21-9-11-27-45(38)53(49(40)41)35-18-6-3-7-19-35;15-14(13-9-5-2-6-10-13)16-11-12-7-3-1-4-8-12/h2-30H,1,31H2;2-3,5,7-9H,1,4,6,10-11H2,(H2,15,16). The van der Waals surface area contributed by atoms with E-state index in [4.69, 9.17) is 10.2 Å². The fraction of sp³-hybridized carbons (Fsp3) is 0.0938. The highest BCUT2D eigenvalue weighted by molar-refractivity contribution is 6.20. The molecule has 0 aliphatic heterocycles. The number of allylic oxidation sites excluding steroid dienone is 5. The molecule has 2 aliphatic rings. The van der Waals surface area contributed by atoms with Crippen molar-refractivity contribution in [2.24, 2.45) is 15.7 Å². The Bertz CT molecular complexity index is 3970. The Balaban J connectivity index is 0.000000269. The minimum atomic E-state index is 0.501. The van der Waals surface area contributed by atoms with Gasteiger partial charge in [0.25, 0.3) is 0 Å². The molecule has 2 aliphatic carbocycles. The molecule has 3 heterocycles. The van der Waals surface area contributed by atoms with Gasteiger partial charge in [0.05, 0.1) is 35.2 Å². The maximum absolute atomic E-state index is 6.94. The maximum atomic E-state index is 6.94. The van der Waals surface area contributed by atoms with Crippen LogP contribution in [0.3, 0.4) is 0 Å². The van der Waals surface area contributed by atoms with Gasteiger partial charge in [0.1, 0.15) is 17.0 Å². The maximum Gasteiger partial charge on any atom is 0.143 e. The number of hydrogen-bond acceptors (Lipinski definition) is 3. The van der Waals surface area contributed by atoms with E-state index in [1.165, 1.54) is 49.2 Å². The van der Waals surface area contributed by atoms with E-state index in [2.05, 4.69) is 238 Å². The van der Waals surface area contributed by atoms with E-state index in [9.17, 15) is 0 Å². The summed E-state index contributed by atoms with van der Waals surface area (Å²) in [6.45, 7) is 5.07. The number of hydrogen-bond donors (Lipinski definition) is 1. The Hall–Kier alpha value is -8.74. The van der Waals surface area contributed by atoms with Crippen molar-refractivity contribution in [2.75, 3.05) is 6.54 Å². The number of nitrogens with zero attached hydrogens (tertiary/aromatic N) is 4. The van der Waals surface area contributed by atoms with Crippen molar-refractivity contribution in [2.45, 2.75) is 32.2 Å². The molecule has 6 heteroatoms. The Morgan fingerprint density at radius 3 is 1.84 bits per heavy atom. The molecule has 0 spiro atoms. The molecular formula is C64H51N5O. The second kappa shape index (κ2) is 18.4. The molecule has 70 heavy (non-hydrogen) atoms. The Morgan fingerprint density at radius 1 is 0.571 bits per heavy atom. The molecule has 0 bridgehead atoms. The zero-order valence-electron chi connectivity index (χ0n) is 38.9. The van der Waals surface area contributed by atoms with Crippen molar-refractivity contribution in [1.29, 1.82) is 0 Å². The van der Waals surface area contributed by atoms with Crippen molar-refractivity contribution < 1.29 is 4.42 Å². The van der Waals surface area contributed by atoms with Crippen LogP contribution in [0.25, 0.3) is 99.2 Å². The molecule has 6 nitrogen and oxygen atoms in total. The van der Waals surface area contributed by atoms with Crippen LogP contribution in [0.1, 0.15) is 31.2 Å². The Morgan fingerprint density at radius 2 is 1.20 bits per heavy atom. The van der Waals surface area contributed by atoms with Crippen molar-refractivity contribution in [3.63, 3.8) is 0 Å². The molecule has 0 saturated carbocycles. The lowest BCUT2D eigenvalue weighted by atomic mass is 9.93. The summed E-state index contributed by atoms with van der Waals surface area (Å²) in [6.07, 6.45) is 17.2. The minimum Gasteiger partial charge on any atom is -0.455 e. The predicted molar refractivity (Wildman–Crippen MR) is 296 cm³/mol. The average Bonchev–Trinajstić information content (AvgIpc) is 4.10. The SMILES string of the molecule is C=NCc1cccc2oc3c(-c4cccc5c6ccccc6n(-c6ccccc6)c45)cc(-c4cccc5c6ccccc6n(-c6ccccc6)c45)cc3c12.NC(=NCC1=CCCC=C1)C1=CC=CCC1. The summed E-state index contributed by atoms with van der Waals surface area (Å²) in [7, 11) is 0. The summed E-state index contributed by atoms with van der Waals surface area (Å²) in [4.78, 5) is 8.77. The molecule has 338 valence electrons. The number of rotatable bonds is 9. The van der Waals surface area contributed by atoms with E-state index in [0.717, 1.165) is 92.3 Å². The Kier molecular flexibility index (Phi) is 11.2. The molecule has 11 aromatic rings. The van der Waals surface area contributed by atoms with E-state index in [-0.39, 0.29) is 0 Å². The largest absolute Gasteiger partial charge is 0.455 e. The van der Waals surface area contributed by atoms with Gasteiger partial charge in [-0.1, -0.05) is 158 Å². The highest BCUT2D eigenvalue weighted by Gasteiger charge is 2.24. The molecule has 0 atom stereocenters. The zero-order valence-corrected chi connectivity index (χ0v) is 38.9. The first-order chi connectivity index (χ1) is 34.6. The van der Waals surface area contributed by atoms with Gasteiger partial charge < -0.3 is 19.3 Å². The number of aromatic nitrogens is 2. The monoisotopic (exact) mass is 905 g/mol. The summed E-state index contributed by atoms with van der Waals surface area (Å²) in [6, 6.07) is 63.1. The third-order valence-corrected chi connectivity index (χ3v) is 13.8. The number of aliphatic imine (C=N–C) groups is 2. The fourth-order valence-corrected chi connectivity index (χ4v) is 10.7. The second-order valence-corrected chi connectivity index (χ2v) is 18.1. The van der Waals surface area contributed by atoms with Gasteiger partial charge in [-0.25, -0.2) is 0 Å². The summed E-state index contributed by atoms with van der Waals surface area (Å²) >= 11 is 0. The van der Waals surface area contributed by atoms with Crippen molar-refractivity contribution in [1.82, 2.24) is 9.13 Å². The van der Waals surface area contributed by atoms with Gasteiger partial charge in [0.15, 0.2) is 0 Å². The molecule has 0 unspecified atom stereocenters. The first kappa shape index (κ1) is 42.6. The van der Waals surface area contributed by atoms with E-state index in [0.29, 0.717) is 18.9 Å². The first-order valence-corrected chi connectivity index (χ1v) is 24.2. The predicted octanol–water partition coefficient (Wildman–Crippen LogP) is 16.2. The number of para-hydroxylation sites is 6. The number of nitrogens with two attached hydrogens (primary N) is 1. The summed E-state index contributed by atoms with van der Waals surface area (Å²) in [5.74, 6) is 0.698. The van der Waals surface area contributed by atoms with Gasteiger partial charge in [-0.15, -0.1) is 0 Å². The molecular weight excluding hydrogens is 855 g/mol. The quantitative estimate of drug-likeness (QED) is 0.116. The highest BCUT2D eigenvalue weighted by atomic mass is 16.3. The molecule has 3 aromatic heterocycles. The van der Waals surface area contributed by atoms with Crippen LogP contribution in [0.2, 0.25) is 0 Å². The smallest absolute Gasteiger partial charge is 0.143 e. The molecule has 8 aromatic carbocycles. The van der Waals surface area contributed by atoms with E-state index < -0.39 is 0 Å². The lowest BCUT2D eigenvalue weighted by Gasteiger charge is -2.15. The number of fused-ring (bicyclic) bond motifs is 9. The van der Waals surface area contributed by atoms with Crippen LogP contribution in [0, 0.1) is 0 Å². The molecule has 0 saturated heterocycles. The van der Waals surface area contributed by atoms with Crippen molar-refractivity contribution >= 4 is 78.1 Å². The van der Waals surface area contributed by atoms with Gasteiger partial charge in [0, 0.05) is 60.4 Å². The highest BCUT2D eigenvalue weighted by Crippen LogP contribution is 2.47. The summed E-state index contributed by atoms with van der Waals surface area (Å²) < 4.78 is 11.8. The van der Waals surface area contributed by atoms with Gasteiger partial charge in [-0.05, 0) is 109 Å². The van der Waals surface area contributed by atoms with E-state index in [1.807, 2.05) is 0 Å². The van der Waals surface area contributed by atoms with Crippen molar-refractivity contribution in [3.05, 3.63) is 229 Å². The van der Waals surface area contributed by atoms with Gasteiger partial charge in [0.2, 0.25) is 0 Å². The lowest BCUT2D eigenvalue weighted by Crippen LogP contribution is -2.16. The van der Waals surface area contributed by atoms with Crippen LogP contribution in [0.15, 0.2) is 238 Å². The molecule has 0 amide bonds. The normalized spacial score (nSPS) is 13.9. The average molecular weight is 906 g/mol. The molecule has 0 radical (unpaired) electrons. The van der Waals surface area contributed by atoms with Gasteiger partial charge in [-0.2, -0.15) is 0 Å². The van der Waals surface area contributed by atoms with E-state index in [1.54, 1.807) is 0 Å². The summed E-state index contributed by atoms with van der Waals surface area (Å²) in [5, 5.41) is 7.00. The van der Waals surface area contributed by atoms with Gasteiger partial charge >= 0.3 is 0 Å². The molecule has 2 N–H and O–H groups in total. The van der Waals surface area contributed by atoms with E-state index >= 15 is 0 Å². The second-order valence-electron chi connectivity index (χ2n) is 18.1. The number of amidine groups is 1. The van der Waals surface area contributed by atoms with Crippen LogP contribution in [0.4, 0.5) is 0 Å². The molecule has 13 rings (SSSR count). The first-order valence-electron chi connectivity index (χ1n) is 24.2.